The summed E-state index contributed by atoms with van der Waals surface area (Å²) in [5.41, 5.74) is 1.99. The van der Waals surface area contributed by atoms with Crippen molar-refractivity contribution in [3.05, 3.63) is 63.7 Å². The van der Waals surface area contributed by atoms with Crippen LogP contribution in [0.2, 0.25) is 0 Å². The number of hydrogen-bond donors (Lipinski definition) is 1. The van der Waals surface area contributed by atoms with Gasteiger partial charge < -0.3 is 15.0 Å². The van der Waals surface area contributed by atoms with Gasteiger partial charge in [0.15, 0.2) is 0 Å². The topological polar surface area (TPSA) is 102 Å². The van der Waals surface area contributed by atoms with Gasteiger partial charge in [-0.3, -0.25) is 14.9 Å². The Morgan fingerprint density at radius 2 is 2.11 bits per heavy atom. The number of amides is 1. The van der Waals surface area contributed by atoms with Gasteiger partial charge in [0.2, 0.25) is 5.91 Å². The van der Waals surface area contributed by atoms with E-state index < -0.39 is 10.9 Å². The van der Waals surface area contributed by atoms with Gasteiger partial charge in [-0.1, -0.05) is 12.1 Å². The Kier molecular flexibility index (Phi) is 4.23. The molecule has 2 aromatic carbocycles. The van der Waals surface area contributed by atoms with Crippen molar-refractivity contribution < 1.29 is 19.2 Å². The van der Waals surface area contributed by atoms with Crippen LogP contribution in [0.5, 0.6) is 0 Å². The molecule has 2 heterocycles. The Hall–Kier alpha value is -3.42. The number of esters is 1. The summed E-state index contributed by atoms with van der Waals surface area (Å²) >= 11 is 0. The summed E-state index contributed by atoms with van der Waals surface area (Å²) in [6.07, 6.45) is 1.78. The van der Waals surface area contributed by atoms with Gasteiger partial charge in [0, 0.05) is 12.6 Å². The van der Waals surface area contributed by atoms with Crippen molar-refractivity contribution in [3.63, 3.8) is 0 Å². The predicted octanol–water partition coefficient (Wildman–Crippen LogP) is 2.87. The first-order valence-electron chi connectivity index (χ1n) is 8.65. The van der Waals surface area contributed by atoms with Crippen LogP contribution in [0.3, 0.4) is 0 Å². The molecule has 0 aliphatic carbocycles. The number of carbonyl (C=O) groups is 2. The molecule has 2 aliphatic rings. The monoisotopic (exact) mass is 367 g/mol. The summed E-state index contributed by atoms with van der Waals surface area (Å²) in [7, 11) is 0. The van der Waals surface area contributed by atoms with Gasteiger partial charge >= 0.3 is 5.97 Å². The first kappa shape index (κ1) is 17.0. The number of ether oxygens (including phenoxy) is 1. The van der Waals surface area contributed by atoms with Crippen molar-refractivity contribution in [2.45, 2.75) is 25.5 Å². The lowest BCUT2D eigenvalue weighted by Gasteiger charge is -2.33. The van der Waals surface area contributed by atoms with Crippen LogP contribution >= 0.6 is 0 Å². The quantitative estimate of drug-likeness (QED) is 0.506. The Bertz CT molecular complexity index is 943. The number of hydrogen-bond acceptors (Lipinski definition) is 6. The molecule has 1 saturated heterocycles. The van der Waals surface area contributed by atoms with Crippen molar-refractivity contribution >= 4 is 28.9 Å². The maximum absolute atomic E-state index is 12.4. The first-order chi connectivity index (χ1) is 13.0. The molecule has 2 aromatic rings. The lowest BCUT2D eigenvalue weighted by Crippen LogP contribution is -2.43. The highest BCUT2D eigenvalue weighted by Crippen LogP contribution is 2.37. The molecular formula is C19H17N3O5. The van der Waals surface area contributed by atoms with E-state index in [1.807, 2.05) is 0 Å². The number of rotatable bonds is 4. The molecule has 1 fully saturated rings. The van der Waals surface area contributed by atoms with Crippen LogP contribution < -0.4 is 10.2 Å². The summed E-state index contributed by atoms with van der Waals surface area (Å²) < 4.78 is 5.24. The second kappa shape index (κ2) is 6.71. The SMILES string of the molecule is O=C(OCc1ccccc1[N+](=O)[O-])c1ccc2c(c1)NC(=O)[C@@H]1CCCN21. The molecule has 8 heteroatoms. The van der Waals surface area contributed by atoms with Gasteiger partial charge in [-0.15, -0.1) is 0 Å². The molecule has 0 bridgehead atoms. The van der Waals surface area contributed by atoms with Crippen molar-refractivity contribution in [3.8, 4) is 0 Å². The molecule has 138 valence electrons. The number of nitro benzene ring substituents is 1. The zero-order valence-corrected chi connectivity index (χ0v) is 14.4. The van der Waals surface area contributed by atoms with Crippen molar-refractivity contribution in [2.24, 2.45) is 0 Å². The Balaban J connectivity index is 1.51. The minimum atomic E-state index is -0.603. The summed E-state index contributed by atoms with van der Waals surface area (Å²) in [4.78, 5) is 37.2. The minimum Gasteiger partial charge on any atom is -0.457 e. The lowest BCUT2D eigenvalue weighted by molar-refractivity contribution is -0.385. The van der Waals surface area contributed by atoms with E-state index in [4.69, 9.17) is 4.74 Å². The van der Waals surface area contributed by atoms with Gasteiger partial charge in [-0.25, -0.2) is 4.79 Å². The molecule has 0 radical (unpaired) electrons. The second-order valence-corrected chi connectivity index (χ2v) is 6.53. The summed E-state index contributed by atoms with van der Waals surface area (Å²) in [6, 6.07) is 11.0. The largest absolute Gasteiger partial charge is 0.457 e. The fraction of sp³-hybridized carbons (Fsp3) is 0.263. The Morgan fingerprint density at radius 1 is 1.30 bits per heavy atom. The molecule has 8 nitrogen and oxygen atoms in total. The molecule has 1 amide bonds. The lowest BCUT2D eigenvalue weighted by atomic mass is 10.1. The zero-order chi connectivity index (χ0) is 19.0. The predicted molar refractivity (Wildman–Crippen MR) is 97.7 cm³/mol. The maximum atomic E-state index is 12.4. The number of anilines is 2. The average Bonchev–Trinajstić information content (AvgIpc) is 3.16. The summed E-state index contributed by atoms with van der Waals surface area (Å²) in [5.74, 6) is -0.667. The van der Waals surface area contributed by atoms with Crippen LogP contribution in [0.25, 0.3) is 0 Å². The van der Waals surface area contributed by atoms with E-state index in [1.165, 1.54) is 6.07 Å². The van der Waals surface area contributed by atoms with Crippen molar-refractivity contribution in [1.82, 2.24) is 0 Å². The fourth-order valence-electron chi connectivity index (χ4n) is 3.59. The van der Waals surface area contributed by atoms with Crippen LogP contribution in [-0.4, -0.2) is 29.4 Å². The molecule has 0 spiro atoms. The highest BCUT2D eigenvalue weighted by Gasteiger charge is 2.36. The number of nitro groups is 1. The van der Waals surface area contributed by atoms with E-state index in [1.54, 1.807) is 36.4 Å². The third kappa shape index (κ3) is 3.10. The van der Waals surface area contributed by atoms with Gasteiger partial charge in [0.05, 0.1) is 27.4 Å². The first-order valence-corrected chi connectivity index (χ1v) is 8.65. The van der Waals surface area contributed by atoms with Crippen LogP contribution in [0, 0.1) is 10.1 Å². The standard InChI is InChI=1S/C19H17N3O5/c23-18-17-6-3-9-21(17)16-8-7-12(10-14(16)20-18)19(24)27-11-13-4-1-2-5-15(13)22(25)26/h1-2,4-5,7-8,10,17H,3,6,9,11H2,(H,20,23)/t17-/m0/s1. The Labute approximate surface area is 154 Å². The van der Waals surface area contributed by atoms with Gasteiger partial charge in [-0.2, -0.15) is 0 Å². The van der Waals surface area contributed by atoms with E-state index in [9.17, 15) is 19.7 Å². The van der Waals surface area contributed by atoms with Crippen molar-refractivity contribution in [2.75, 3.05) is 16.8 Å². The van der Waals surface area contributed by atoms with Gasteiger partial charge in [-0.05, 0) is 37.1 Å². The number of carbonyl (C=O) groups excluding carboxylic acids is 2. The molecule has 1 atom stereocenters. The average molecular weight is 367 g/mol. The molecule has 27 heavy (non-hydrogen) atoms. The van der Waals surface area contributed by atoms with Crippen molar-refractivity contribution in [1.29, 1.82) is 0 Å². The molecule has 1 N–H and O–H groups in total. The number of nitrogens with zero attached hydrogens (tertiary/aromatic N) is 2. The Morgan fingerprint density at radius 3 is 2.93 bits per heavy atom. The molecule has 0 aromatic heterocycles. The van der Waals surface area contributed by atoms with Gasteiger partial charge in [0.25, 0.3) is 5.69 Å². The number of nitrogens with one attached hydrogen (secondary N) is 1. The fourth-order valence-corrected chi connectivity index (χ4v) is 3.59. The molecule has 0 unspecified atom stereocenters. The molecule has 2 aliphatic heterocycles. The highest BCUT2D eigenvalue weighted by atomic mass is 16.6. The second-order valence-electron chi connectivity index (χ2n) is 6.53. The van der Waals surface area contributed by atoms with Crippen LogP contribution in [0.1, 0.15) is 28.8 Å². The normalized spacial score (nSPS) is 17.7. The number of fused-ring (bicyclic) bond motifs is 3. The van der Waals surface area contributed by atoms with E-state index in [0.717, 1.165) is 25.1 Å². The summed E-state index contributed by atoms with van der Waals surface area (Å²) in [5, 5.41) is 13.9. The number of benzene rings is 2. The molecule has 0 saturated carbocycles. The van der Waals surface area contributed by atoms with E-state index in [2.05, 4.69) is 10.2 Å². The third-order valence-corrected chi connectivity index (χ3v) is 4.90. The third-order valence-electron chi connectivity index (χ3n) is 4.90. The van der Waals surface area contributed by atoms with Crippen LogP contribution in [-0.2, 0) is 16.1 Å². The molecular weight excluding hydrogens is 350 g/mol. The van der Waals surface area contributed by atoms with E-state index in [-0.39, 0.29) is 29.8 Å². The zero-order valence-electron chi connectivity index (χ0n) is 14.4. The smallest absolute Gasteiger partial charge is 0.338 e. The summed E-state index contributed by atoms with van der Waals surface area (Å²) in [6.45, 7) is 0.611. The van der Waals surface area contributed by atoms with Gasteiger partial charge in [0.1, 0.15) is 12.6 Å². The highest BCUT2D eigenvalue weighted by molar-refractivity contribution is 6.05. The van der Waals surface area contributed by atoms with Crippen LogP contribution in [0.4, 0.5) is 17.1 Å². The maximum Gasteiger partial charge on any atom is 0.338 e. The van der Waals surface area contributed by atoms with Crippen LogP contribution in [0.15, 0.2) is 42.5 Å². The number of para-hydroxylation sites is 1. The van der Waals surface area contributed by atoms with E-state index >= 15 is 0 Å². The minimum absolute atomic E-state index is 0.0644. The van der Waals surface area contributed by atoms with E-state index in [0.29, 0.717) is 11.3 Å². The molecule has 4 rings (SSSR count).